The molecular weight excluding hydrogens is 285 g/mol. The lowest BCUT2D eigenvalue weighted by Gasteiger charge is -2.08. The first-order valence-corrected chi connectivity index (χ1v) is 6.55. The highest BCUT2D eigenvalue weighted by Crippen LogP contribution is 2.24. The number of unbranched alkanes of at least 4 members (excludes halogenated alkanes) is 1. The Morgan fingerprint density at radius 1 is 1.33 bits per heavy atom. The van der Waals surface area contributed by atoms with Crippen molar-refractivity contribution in [2.24, 2.45) is 0 Å². The van der Waals surface area contributed by atoms with E-state index in [-0.39, 0.29) is 12.0 Å². The van der Waals surface area contributed by atoms with Gasteiger partial charge in [-0.2, -0.15) is 13.2 Å². The second-order valence-electron chi connectivity index (χ2n) is 4.86. The highest BCUT2D eigenvalue weighted by atomic mass is 19.4. The normalized spacial score (nSPS) is 12.0. The number of halogens is 3. The number of aryl methyl sites for hydroxylation is 2. The van der Waals surface area contributed by atoms with Crippen molar-refractivity contribution in [2.75, 3.05) is 0 Å². The van der Waals surface area contributed by atoms with Crippen molar-refractivity contribution in [3.63, 3.8) is 0 Å². The number of aromatic carboxylic acids is 1. The molecule has 0 saturated heterocycles. The highest BCUT2D eigenvalue weighted by molar-refractivity contribution is 6.01. The summed E-state index contributed by atoms with van der Waals surface area (Å²) in [6.45, 7) is 2.11. The Morgan fingerprint density at radius 3 is 2.67 bits per heavy atom. The van der Waals surface area contributed by atoms with Gasteiger partial charge >= 0.3 is 12.1 Å². The number of imidazole rings is 1. The number of hydrogen-bond acceptors (Lipinski definition) is 2. The molecule has 1 aromatic carbocycles. The van der Waals surface area contributed by atoms with Crippen LogP contribution in [0.15, 0.2) is 18.2 Å². The predicted molar refractivity (Wildman–Crippen MR) is 71.3 cm³/mol. The number of hydrogen-bond donors (Lipinski definition) is 1. The lowest BCUT2D eigenvalue weighted by atomic mass is 10.2. The first-order valence-electron chi connectivity index (χ1n) is 6.55. The number of nitrogens with zero attached hydrogens (tertiary/aromatic N) is 2. The first kappa shape index (κ1) is 15.3. The van der Waals surface area contributed by atoms with Gasteiger partial charge in [-0.15, -0.1) is 0 Å². The molecule has 0 aliphatic heterocycles. The van der Waals surface area contributed by atoms with Crippen molar-refractivity contribution in [3.8, 4) is 0 Å². The molecule has 0 fully saturated rings. The molecule has 0 saturated carbocycles. The van der Waals surface area contributed by atoms with E-state index < -0.39 is 18.6 Å². The molecule has 1 N–H and O–H groups in total. The molecule has 0 spiro atoms. The molecule has 0 bridgehead atoms. The van der Waals surface area contributed by atoms with E-state index in [0.717, 1.165) is 0 Å². The first-order chi connectivity index (χ1) is 9.79. The molecule has 2 rings (SSSR count). The van der Waals surface area contributed by atoms with Gasteiger partial charge < -0.3 is 9.67 Å². The van der Waals surface area contributed by atoms with E-state index in [1.54, 1.807) is 23.6 Å². The van der Waals surface area contributed by atoms with Crippen LogP contribution in [0.25, 0.3) is 11.0 Å². The fraction of sp³-hybridized carbons (Fsp3) is 0.429. The van der Waals surface area contributed by atoms with Crippen LogP contribution in [0, 0.1) is 6.92 Å². The smallest absolute Gasteiger partial charge is 0.389 e. The van der Waals surface area contributed by atoms with E-state index in [1.807, 2.05) is 0 Å². The summed E-state index contributed by atoms with van der Waals surface area (Å²) in [5.74, 6) is -0.465. The summed E-state index contributed by atoms with van der Waals surface area (Å²) in [5, 5.41) is 9.11. The van der Waals surface area contributed by atoms with Crippen LogP contribution in [0.5, 0.6) is 0 Å². The summed E-state index contributed by atoms with van der Waals surface area (Å²) >= 11 is 0. The molecule has 21 heavy (non-hydrogen) atoms. The molecule has 2 aromatic rings. The molecule has 0 atom stereocenters. The van der Waals surface area contributed by atoms with Gasteiger partial charge in [-0.05, 0) is 31.9 Å². The van der Waals surface area contributed by atoms with Crippen LogP contribution in [0.1, 0.15) is 35.4 Å². The molecule has 4 nitrogen and oxygen atoms in total. The lowest BCUT2D eigenvalue weighted by molar-refractivity contribution is -0.135. The summed E-state index contributed by atoms with van der Waals surface area (Å²) < 4.78 is 38.1. The Bertz CT molecular complexity index is 662. The number of carboxylic acids is 1. The van der Waals surface area contributed by atoms with Crippen LogP contribution >= 0.6 is 0 Å². The van der Waals surface area contributed by atoms with Gasteiger partial charge in [0.2, 0.25) is 0 Å². The number of rotatable bonds is 5. The highest BCUT2D eigenvalue weighted by Gasteiger charge is 2.26. The van der Waals surface area contributed by atoms with Crippen LogP contribution in [-0.2, 0) is 6.54 Å². The number of alkyl halides is 3. The Labute approximate surface area is 119 Å². The standard InChI is InChI=1S/C14H15F3N2O2/c1-9-18-12-10(13(20)21)5-4-6-11(12)19(9)8-3-2-7-14(15,16)17/h4-6H,2-3,7-8H2,1H3,(H,20,21). The molecule has 0 unspecified atom stereocenters. The van der Waals surface area contributed by atoms with Gasteiger partial charge in [-0.3, -0.25) is 0 Å². The zero-order chi connectivity index (χ0) is 15.6. The van der Waals surface area contributed by atoms with E-state index in [2.05, 4.69) is 4.98 Å². The molecular formula is C14H15F3N2O2. The third kappa shape index (κ3) is 3.53. The fourth-order valence-electron chi connectivity index (χ4n) is 2.31. The van der Waals surface area contributed by atoms with Crippen LogP contribution in [0.4, 0.5) is 13.2 Å². The van der Waals surface area contributed by atoms with Gasteiger partial charge in [0.15, 0.2) is 0 Å². The summed E-state index contributed by atoms with van der Waals surface area (Å²) in [6.07, 6.45) is -4.54. The number of carbonyl (C=O) groups is 1. The van der Waals surface area contributed by atoms with E-state index in [0.29, 0.717) is 29.8 Å². The average molecular weight is 300 g/mol. The Balaban J connectivity index is 2.19. The number of aromatic nitrogens is 2. The van der Waals surface area contributed by atoms with Crippen molar-refractivity contribution in [1.29, 1.82) is 0 Å². The largest absolute Gasteiger partial charge is 0.478 e. The topological polar surface area (TPSA) is 55.1 Å². The zero-order valence-corrected chi connectivity index (χ0v) is 11.4. The molecule has 1 heterocycles. The van der Waals surface area contributed by atoms with Gasteiger partial charge in [-0.25, -0.2) is 9.78 Å². The van der Waals surface area contributed by atoms with Crippen LogP contribution in [0.2, 0.25) is 0 Å². The maximum absolute atomic E-state index is 12.1. The zero-order valence-electron chi connectivity index (χ0n) is 11.4. The number of benzene rings is 1. The minimum Gasteiger partial charge on any atom is -0.478 e. The maximum atomic E-state index is 12.1. The van der Waals surface area contributed by atoms with Crippen LogP contribution in [-0.4, -0.2) is 26.8 Å². The van der Waals surface area contributed by atoms with E-state index in [1.165, 1.54) is 6.07 Å². The molecule has 0 amide bonds. The van der Waals surface area contributed by atoms with E-state index in [4.69, 9.17) is 5.11 Å². The summed E-state index contributed by atoms with van der Waals surface area (Å²) in [4.78, 5) is 15.4. The average Bonchev–Trinajstić information content (AvgIpc) is 2.69. The minimum atomic E-state index is -4.14. The molecule has 114 valence electrons. The molecule has 0 aliphatic rings. The Morgan fingerprint density at radius 2 is 2.05 bits per heavy atom. The summed E-state index contributed by atoms with van der Waals surface area (Å²) in [6, 6.07) is 4.80. The van der Waals surface area contributed by atoms with E-state index >= 15 is 0 Å². The maximum Gasteiger partial charge on any atom is 0.389 e. The van der Waals surface area contributed by atoms with Gasteiger partial charge in [0.1, 0.15) is 11.3 Å². The quantitative estimate of drug-likeness (QED) is 0.855. The van der Waals surface area contributed by atoms with Gasteiger partial charge in [0.25, 0.3) is 0 Å². The van der Waals surface area contributed by atoms with Crippen molar-refractivity contribution < 1.29 is 23.1 Å². The van der Waals surface area contributed by atoms with Gasteiger partial charge in [-0.1, -0.05) is 6.07 Å². The summed E-state index contributed by atoms with van der Waals surface area (Å²) in [7, 11) is 0. The lowest BCUT2D eigenvalue weighted by Crippen LogP contribution is -2.08. The molecule has 0 radical (unpaired) electrons. The fourth-order valence-corrected chi connectivity index (χ4v) is 2.31. The molecule has 7 heteroatoms. The van der Waals surface area contributed by atoms with Crippen LogP contribution < -0.4 is 0 Å². The van der Waals surface area contributed by atoms with Crippen molar-refractivity contribution in [3.05, 3.63) is 29.6 Å². The van der Waals surface area contributed by atoms with Gasteiger partial charge in [0, 0.05) is 13.0 Å². The summed E-state index contributed by atoms with van der Waals surface area (Å²) in [5.41, 5.74) is 1.11. The number of para-hydroxylation sites is 1. The number of fused-ring (bicyclic) bond motifs is 1. The predicted octanol–water partition coefficient (Wildman–Crippen LogP) is 3.78. The van der Waals surface area contributed by atoms with E-state index in [9.17, 15) is 18.0 Å². The van der Waals surface area contributed by atoms with Crippen LogP contribution in [0.3, 0.4) is 0 Å². The third-order valence-electron chi connectivity index (χ3n) is 3.29. The Hall–Kier alpha value is -2.05. The minimum absolute atomic E-state index is 0.0429. The monoisotopic (exact) mass is 300 g/mol. The number of carboxylic acid groups (broad SMARTS) is 1. The SMILES string of the molecule is Cc1nc2c(C(=O)O)cccc2n1CCCCC(F)(F)F. The second-order valence-corrected chi connectivity index (χ2v) is 4.86. The van der Waals surface area contributed by atoms with Crippen molar-refractivity contribution in [1.82, 2.24) is 9.55 Å². The third-order valence-corrected chi connectivity index (χ3v) is 3.29. The Kier molecular flexibility index (Phi) is 4.20. The second kappa shape index (κ2) is 5.75. The van der Waals surface area contributed by atoms with Crippen molar-refractivity contribution >= 4 is 17.0 Å². The van der Waals surface area contributed by atoms with Crippen molar-refractivity contribution in [2.45, 2.75) is 38.9 Å². The molecule has 1 aromatic heterocycles. The molecule has 0 aliphatic carbocycles. The van der Waals surface area contributed by atoms with Gasteiger partial charge in [0.05, 0.1) is 11.1 Å².